The number of methoxy groups -OCH3 is 1. The predicted molar refractivity (Wildman–Crippen MR) is 87.2 cm³/mol. The summed E-state index contributed by atoms with van der Waals surface area (Å²) < 4.78 is 31.6. The van der Waals surface area contributed by atoms with Crippen LogP contribution in [0.2, 0.25) is 0 Å². The molecule has 128 valence electrons. The van der Waals surface area contributed by atoms with Gasteiger partial charge in [-0.2, -0.15) is 9.40 Å². The number of aromatic nitrogens is 2. The molecule has 1 aliphatic heterocycles. The second kappa shape index (κ2) is 6.37. The van der Waals surface area contributed by atoms with E-state index >= 15 is 0 Å². The number of hydrogen-bond acceptors (Lipinski definition) is 5. The molecule has 0 aliphatic carbocycles. The van der Waals surface area contributed by atoms with Crippen LogP contribution in [0.3, 0.4) is 0 Å². The Morgan fingerprint density at radius 1 is 1.38 bits per heavy atom. The maximum absolute atomic E-state index is 12.8. The maximum Gasteiger partial charge on any atom is 0.358 e. The molecule has 1 saturated heterocycles. The Balaban J connectivity index is 1.74. The number of H-pyrrole nitrogens is 1. The normalized spacial score (nSPS) is 15.9. The molecular formula is C16H19N3O4S. The van der Waals surface area contributed by atoms with Crippen molar-refractivity contribution >= 4 is 16.0 Å². The topological polar surface area (TPSA) is 92.4 Å². The molecule has 0 spiro atoms. The lowest BCUT2D eigenvalue weighted by molar-refractivity contribution is 0.0594. The highest BCUT2D eigenvalue weighted by Crippen LogP contribution is 2.32. The fraction of sp³-hybridized carbons (Fsp3) is 0.375. The van der Waals surface area contributed by atoms with Crippen molar-refractivity contribution in [2.45, 2.75) is 24.2 Å². The summed E-state index contributed by atoms with van der Waals surface area (Å²) in [4.78, 5) is 11.8. The van der Waals surface area contributed by atoms with Gasteiger partial charge in [0.15, 0.2) is 5.69 Å². The van der Waals surface area contributed by atoms with Gasteiger partial charge >= 0.3 is 5.97 Å². The Kier molecular flexibility index (Phi) is 4.42. The van der Waals surface area contributed by atoms with E-state index in [4.69, 9.17) is 0 Å². The van der Waals surface area contributed by atoms with Crippen molar-refractivity contribution in [1.82, 2.24) is 14.5 Å². The standard InChI is InChI=1S/C16H19N3O4S/c1-3-11-6-4-5-7-15(11)24(21,22)19-9-12(10-19)13-8-14(18-17-13)16(20)23-2/h4-8,12H,3,9-10H2,1-2H3,(H,17,18). The zero-order valence-electron chi connectivity index (χ0n) is 13.5. The molecule has 1 aromatic heterocycles. The number of hydrogen-bond donors (Lipinski definition) is 1. The molecule has 1 aliphatic rings. The highest BCUT2D eigenvalue weighted by atomic mass is 32.2. The molecule has 2 heterocycles. The van der Waals surface area contributed by atoms with Crippen LogP contribution in [0.15, 0.2) is 35.2 Å². The highest BCUT2D eigenvalue weighted by molar-refractivity contribution is 7.89. The third-order valence-electron chi connectivity index (χ3n) is 4.25. The van der Waals surface area contributed by atoms with Crippen LogP contribution < -0.4 is 0 Å². The average molecular weight is 349 g/mol. The van der Waals surface area contributed by atoms with Crippen LogP contribution in [-0.2, 0) is 21.2 Å². The second-order valence-corrected chi connectivity index (χ2v) is 7.59. The molecule has 0 radical (unpaired) electrons. The molecule has 24 heavy (non-hydrogen) atoms. The Morgan fingerprint density at radius 2 is 2.08 bits per heavy atom. The molecule has 2 aromatic rings. The zero-order valence-corrected chi connectivity index (χ0v) is 14.3. The van der Waals surface area contributed by atoms with Crippen molar-refractivity contribution in [3.05, 3.63) is 47.3 Å². The van der Waals surface area contributed by atoms with E-state index in [0.717, 1.165) is 11.3 Å². The van der Waals surface area contributed by atoms with Crippen LogP contribution in [0.25, 0.3) is 0 Å². The fourth-order valence-electron chi connectivity index (χ4n) is 2.77. The minimum Gasteiger partial charge on any atom is -0.464 e. The van der Waals surface area contributed by atoms with Crippen LogP contribution in [0, 0.1) is 0 Å². The summed E-state index contributed by atoms with van der Waals surface area (Å²) in [7, 11) is -2.20. The Morgan fingerprint density at radius 3 is 2.75 bits per heavy atom. The van der Waals surface area contributed by atoms with E-state index in [9.17, 15) is 13.2 Å². The lowest BCUT2D eigenvalue weighted by atomic mass is 9.99. The molecule has 0 bridgehead atoms. The van der Waals surface area contributed by atoms with Crippen molar-refractivity contribution in [1.29, 1.82) is 0 Å². The van der Waals surface area contributed by atoms with Gasteiger partial charge in [-0.05, 0) is 24.1 Å². The van der Waals surface area contributed by atoms with E-state index in [1.165, 1.54) is 11.4 Å². The number of rotatable bonds is 5. The molecule has 0 unspecified atom stereocenters. The molecule has 1 fully saturated rings. The van der Waals surface area contributed by atoms with Gasteiger partial charge < -0.3 is 4.74 Å². The summed E-state index contributed by atoms with van der Waals surface area (Å²) in [5.41, 5.74) is 1.76. The first kappa shape index (κ1) is 16.7. The number of carbonyl (C=O) groups is 1. The van der Waals surface area contributed by atoms with Gasteiger partial charge in [-0.1, -0.05) is 25.1 Å². The highest BCUT2D eigenvalue weighted by Gasteiger charge is 2.39. The molecule has 0 atom stereocenters. The van der Waals surface area contributed by atoms with Crippen LogP contribution in [0.4, 0.5) is 0 Å². The Labute approximate surface area is 140 Å². The van der Waals surface area contributed by atoms with E-state index in [-0.39, 0.29) is 11.6 Å². The van der Waals surface area contributed by atoms with Crippen molar-refractivity contribution in [3.8, 4) is 0 Å². The number of nitrogens with zero attached hydrogens (tertiary/aromatic N) is 2. The lowest BCUT2D eigenvalue weighted by Gasteiger charge is -2.37. The van der Waals surface area contributed by atoms with Gasteiger partial charge in [0.1, 0.15) is 0 Å². The number of carbonyl (C=O) groups excluding carboxylic acids is 1. The first-order valence-electron chi connectivity index (χ1n) is 7.69. The van der Waals surface area contributed by atoms with Gasteiger partial charge in [0, 0.05) is 24.7 Å². The number of benzene rings is 1. The van der Waals surface area contributed by atoms with E-state index in [2.05, 4.69) is 14.9 Å². The van der Waals surface area contributed by atoms with Crippen molar-refractivity contribution in [3.63, 3.8) is 0 Å². The first-order chi connectivity index (χ1) is 11.5. The molecular weight excluding hydrogens is 330 g/mol. The molecule has 8 heteroatoms. The van der Waals surface area contributed by atoms with Crippen molar-refractivity contribution < 1.29 is 17.9 Å². The van der Waals surface area contributed by atoms with Crippen molar-refractivity contribution in [2.24, 2.45) is 0 Å². The molecule has 1 N–H and O–H groups in total. The quantitative estimate of drug-likeness (QED) is 0.827. The average Bonchev–Trinajstić information content (AvgIpc) is 3.02. The number of esters is 1. The fourth-order valence-corrected chi connectivity index (χ4v) is 4.60. The van der Waals surface area contributed by atoms with Crippen LogP contribution >= 0.6 is 0 Å². The number of aryl methyl sites for hydroxylation is 1. The Hall–Kier alpha value is -2.19. The predicted octanol–water partition coefficient (Wildman–Crippen LogP) is 1.55. The van der Waals surface area contributed by atoms with Gasteiger partial charge in [-0.3, -0.25) is 5.10 Å². The van der Waals surface area contributed by atoms with Crippen LogP contribution in [-0.4, -0.2) is 49.1 Å². The number of aromatic amines is 1. The third-order valence-corrected chi connectivity index (χ3v) is 6.18. The molecule has 7 nitrogen and oxygen atoms in total. The second-order valence-electron chi connectivity index (χ2n) is 5.68. The SMILES string of the molecule is CCc1ccccc1S(=O)(=O)N1CC(c2cc(C(=O)OC)n[nH]2)C1. The summed E-state index contributed by atoms with van der Waals surface area (Å²) >= 11 is 0. The minimum absolute atomic E-state index is 0.000491. The minimum atomic E-state index is -3.49. The van der Waals surface area contributed by atoms with E-state index in [1.54, 1.807) is 18.2 Å². The largest absolute Gasteiger partial charge is 0.464 e. The van der Waals surface area contributed by atoms with Gasteiger partial charge in [0.05, 0.1) is 12.0 Å². The summed E-state index contributed by atoms with van der Waals surface area (Å²) in [6.07, 6.45) is 0.662. The Bertz CT molecular complexity index is 854. The maximum atomic E-state index is 12.8. The summed E-state index contributed by atoms with van der Waals surface area (Å²) in [6, 6.07) is 8.67. The summed E-state index contributed by atoms with van der Waals surface area (Å²) in [5.74, 6) is -0.516. The smallest absolute Gasteiger partial charge is 0.358 e. The number of sulfonamides is 1. The van der Waals surface area contributed by atoms with Gasteiger partial charge in [0.2, 0.25) is 10.0 Å². The first-order valence-corrected chi connectivity index (χ1v) is 9.13. The van der Waals surface area contributed by atoms with Gasteiger partial charge in [0.25, 0.3) is 0 Å². The van der Waals surface area contributed by atoms with Gasteiger partial charge in [-0.15, -0.1) is 0 Å². The number of ether oxygens (including phenoxy) is 1. The molecule has 0 amide bonds. The van der Waals surface area contributed by atoms with E-state index < -0.39 is 16.0 Å². The van der Waals surface area contributed by atoms with E-state index in [1.807, 2.05) is 19.1 Å². The third kappa shape index (κ3) is 2.83. The van der Waals surface area contributed by atoms with Crippen LogP contribution in [0.5, 0.6) is 0 Å². The van der Waals surface area contributed by atoms with E-state index in [0.29, 0.717) is 24.4 Å². The monoisotopic (exact) mass is 349 g/mol. The van der Waals surface area contributed by atoms with Crippen LogP contribution in [0.1, 0.15) is 34.6 Å². The summed E-state index contributed by atoms with van der Waals surface area (Å²) in [6.45, 7) is 2.67. The molecule has 0 saturated carbocycles. The molecule has 3 rings (SSSR count). The number of nitrogens with one attached hydrogen (secondary N) is 1. The summed E-state index contributed by atoms with van der Waals surface area (Å²) in [5, 5.41) is 6.68. The van der Waals surface area contributed by atoms with Gasteiger partial charge in [-0.25, -0.2) is 13.2 Å². The lowest BCUT2D eigenvalue weighted by Crippen LogP contribution is -2.48. The molecule has 1 aromatic carbocycles. The zero-order chi connectivity index (χ0) is 17.3. The van der Waals surface area contributed by atoms with Crippen molar-refractivity contribution in [2.75, 3.05) is 20.2 Å².